The van der Waals surface area contributed by atoms with E-state index in [4.69, 9.17) is 4.42 Å². The van der Waals surface area contributed by atoms with Crippen molar-refractivity contribution in [3.63, 3.8) is 0 Å². The Hall–Kier alpha value is -1.61. The number of halogens is 1. The van der Waals surface area contributed by atoms with Crippen LogP contribution in [-0.2, 0) is 0 Å². The Balaban J connectivity index is 2.19. The Labute approximate surface area is 114 Å². The van der Waals surface area contributed by atoms with Gasteiger partial charge in [-0.3, -0.25) is 4.79 Å². The third kappa shape index (κ3) is 2.79. The lowest BCUT2D eigenvalue weighted by molar-refractivity contribution is 0.104. The van der Waals surface area contributed by atoms with Crippen LogP contribution in [0.2, 0.25) is 0 Å². The maximum Gasteiger partial charge on any atom is 0.189 e. The van der Waals surface area contributed by atoms with Gasteiger partial charge in [0.15, 0.2) is 5.78 Å². The Morgan fingerprint density at radius 3 is 2.44 bits per heavy atom. The molecule has 1 aromatic carbocycles. The molecule has 0 bridgehead atoms. The summed E-state index contributed by atoms with van der Waals surface area (Å²) in [5.74, 6) is 0.639. The van der Waals surface area contributed by atoms with E-state index in [9.17, 15) is 4.79 Å². The van der Waals surface area contributed by atoms with Gasteiger partial charge in [0.25, 0.3) is 0 Å². The Kier molecular flexibility index (Phi) is 3.82. The molecule has 18 heavy (non-hydrogen) atoms. The molecule has 0 aliphatic carbocycles. The molecule has 0 atom stereocenters. The molecular formula is C15H13BrO2. The number of rotatable bonds is 3. The van der Waals surface area contributed by atoms with Gasteiger partial charge in [0.2, 0.25) is 0 Å². The van der Waals surface area contributed by atoms with Crippen molar-refractivity contribution in [1.29, 1.82) is 0 Å². The van der Waals surface area contributed by atoms with Gasteiger partial charge in [0.1, 0.15) is 5.76 Å². The average molecular weight is 305 g/mol. The second-order valence-electron chi connectivity index (χ2n) is 4.10. The van der Waals surface area contributed by atoms with Crippen LogP contribution in [0.25, 0.3) is 6.08 Å². The topological polar surface area (TPSA) is 30.2 Å². The molecule has 1 aromatic heterocycles. The maximum atomic E-state index is 12.0. The fourth-order valence-electron chi connectivity index (χ4n) is 1.77. The highest BCUT2D eigenvalue weighted by Crippen LogP contribution is 2.17. The van der Waals surface area contributed by atoms with Crippen LogP contribution in [-0.4, -0.2) is 5.78 Å². The number of ketones is 1. The van der Waals surface area contributed by atoms with Crippen molar-refractivity contribution in [3.05, 3.63) is 63.5 Å². The monoisotopic (exact) mass is 304 g/mol. The predicted molar refractivity (Wildman–Crippen MR) is 75.7 cm³/mol. The first-order valence-electron chi connectivity index (χ1n) is 5.60. The Morgan fingerprint density at radius 2 is 1.89 bits per heavy atom. The lowest BCUT2D eigenvalue weighted by Crippen LogP contribution is -1.96. The van der Waals surface area contributed by atoms with E-state index in [0.29, 0.717) is 11.3 Å². The Morgan fingerprint density at radius 1 is 1.22 bits per heavy atom. The molecule has 1 heterocycles. The summed E-state index contributed by atoms with van der Waals surface area (Å²) < 4.78 is 6.24. The molecule has 3 heteroatoms. The average Bonchev–Trinajstić information content (AvgIpc) is 2.68. The van der Waals surface area contributed by atoms with Crippen molar-refractivity contribution in [2.75, 3.05) is 0 Å². The van der Waals surface area contributed by atoms with Crippen molar-refractivity contribution < 1.29 is 9.21 Å². The minimum absolute atomic E-state index is 0.0262. The van der Waals surface area contributed by atoms with Gasteiger partial charge in [-0.15, -0.1) is 0 Å². The zero-order valence-electron chi connectivity index (χ0n) is 10.2. The first kappa shape index (κ1) is 12.8. The molecule has 2 aromatic rings. The summed E-state index contributed by atoms with van der Waals surface area (Å²) in [6.07, 6.45) is 4.99. The number of hydrogen-bond donors (Lipinski definition) is 0. The summed E-state index contributed by atoms with van der Waals surface area (Å²) in [7, 11) is 0. The van der Waals surface area contributed by atoms with Crippen LogP contribution >= 0.6 is 15.9 Å². The van der Waals surface area contributed by atoms with Crippen LogP contribution in [0, 0.1) is 13.8 Å². The predicted octanol–water partition coefficient (Wildman–Crippen LogP) is 4.56. The fourth-order valence-corrected chi connectivity index (χ4v) is 2.03. The number of furan rings is 1. The van der Waals surface area contributed by atoms with Gasteiger partial charge >= 0.3 is 0 Å². The van der Waals surface area contributed by atoms with E-state index in [1.54, 1.807) is 25.3 Å². The van der Waals surface area contributed by atoms with Crippen LogP contribution in [0.5, 0.6) is 0 Å². The van der Waals surface area contributed by atoms with Crippen LogP contribution < -0.4 is 0 Å². The number of hydrogen-bond acceptors (Lipinski definition) is 2. The van der Waals surface area contributed by atoms with E-state index in [-0.39, 0.29) is 5.78 Å². The van der Waals surface area contributed by atoms with Crippen molar-refractivity contribution in [2.24, 2.45) is 0 Å². The van der Waals surface area contributed by atoms with Crippen molar-refractivity contribution in [2.45, 2.75) is 13.8 Å². The van der Waals surface area contributed by atoms with Gasteiger partial charge in [-0.1, -0.05) is 34.1 Å². The molecule has 0 fully saturated rings. The SMILES string of the molecule is Cc1coc(C)c1C(=O)C=Cc1ccc(Br)cc1. The van der Waals surface area contributed by atoms with Crippen LogP contribution in [0.3, 0.4) is 0 Å². The Bertz CT molecular complexity index is 572. The number of carbonyl (C=O) groups excluding carboxylic acids is 1. The van der Waals surface area contributed by atoms with E-state index < -0.39 is 0 Å². The zero-order valence-corrected chi connectivity index (χ0v) is 11.8. The van der Waals surface area contributed by atoms with E-state index in [2.05, 4.69) is 15.9 Å². The summed E-state index contributed by atoms with van der Waals surface area (Å²) in [6.45, 7) is 3.67. The van der Waals surface area contributed by atoms with E-state index >= 15 is 0 Å². The van der Waals surface area contributed by atoms with Crippen molar-refractivity contribution >= 4 is 27.8 Å². The van der Waals surface area contributed by atoms with Gasteiger partial charge in [0, 0.05) is 4.47 Å². The summed E-state index contributed by atoms with van der Waals surface area (Å²) in [5.41, 5.74) is 2.52. The highest BCUT2D eigenvalue weighted by atomic mass is 79.9. The number of aryl methyl sites for hydroxylation is 2. The third-order valence-electron chi connectivity index (χ3n) is 2.70. The van der Waals surface area contributed by atoms with Crippen LogP contribution in [0.4, 0.5) is 0 Å². The molecule has 2 nitrogen and oxygen atoms in total. The molecule has 0 unspecified atom stereocenters. The molecule has 0 saturated carbocycles. The van der Waals surface area contributed by atoms with E-state index in [1.165, 1.54) is 0 Å². The van der Waals surface area contributed by atoms with E-state index in [0.717, 1.165) is 15.6 Å². The minimum atomic E-state index is -0.0262. The smallest absolute Gasteiger partial charge is 0.189 e. The molecule has 0 aliphatic rings. The van der Waals surface area contributed by atoms with Gasteiger partial charge in [-0.05, 0) is 43.2 Å². The zero-order chi connectivity index (χ0) is 13.1. The van der Waals surface area contributed by atoms with Gasteiger partial charge in [-0.25, -0.2) is 0 Å². The first-order chi connectivity index (χ1) is 8.58. The molecule has 0 saturated heterocycles. The van der Waals surface area contributed by atoms with Gasteiger partial charge < -0.3 is 4.42 Å². The second-order valence-corrected chi connectivity index (χ2v) is 5.01. The number of carbonyl (C=O) groups is 1. The molecule has 0 radical (unpaired) electrons. The second kappa shape index (κ2) is 5.36. The molecule has 0 aliphatic heterocycles. The lowest BCUT2D eigenvalue weighted by Gasteiger charge is -1.96. The lowest BCUT2D eigenvalue weighted by atomic mass is 10.1. The van der Waals surface area contributed by atoms with Crippen LogP contribution in [0.1, 0.15) is 27.2 Å². The fraction of sp³-hybridized carbons (Fsp3) is 0.133. The molecule has 92 valence electrons. The molecule has 0 spiro atoms. The van der Waals surface area contributed by atoms with E-state index in [1.807, 2.05) is 31.2 Å². The largest absolute Gasteiger partial charge is 0.469 e. The standard InChI is InChI=1S/C15H13BrO2/c1-10-9-18-11(2)15(10)14(17)8-5-12-3-6-13(16)7-4-12/h3-9H,1-2H3. The van der Waals surface area contributed by atoms with Crippen molar-refractivity contribution in [3.8, 4) is 0 Å². The van der Waals surface area contributed by atoms with Crippen molar-refractivity contribution in [1.82, 2.24) is 0 Å². The van der Waals surface area contributed by atoms with Gasteiger partial charge in [0.05, 0.1) is 11.8 Å². The highest BCUT2D eigenvalue weighted by molar-refractivity contribution is 9.10. The summed E-state index contributed by atoms with van der Waals surface area (Å²) in [6, 6.07) is 7.78. The molecule has 0 N–H and O–H groups in total. The highest BCUT2D eigenvalue weighted by Gasteiger charge is 2.12. The molecule has 0 amide bonds. The normalized spacial score (nSPS) is 11.1. The quantitative estimate of drug-likeness (QED) is 0.615. The number of allylic oxidation sites excluding steroid dienone is 1. The summed E-state index contributed by atoms with van der Waals surface area (Å²) in [4.78, 5) is 12.0. The molecule has 2 rings (SSSR count). The molecular weight excluding hydrogens is 292 g/mol. The maximum absolute atomic E-state index is 12.0. The number of benzene rings is 1. The third-order valence-corrected chi connectivity index (χ3v) is 3.23. The van der Waals surface area contributed by atoms with Gasteiger partial charge in [-0.2, -0.15) is 0 Å². The minimum Gasteiger partial charge on any atom is -0.469 e. The first-order valence-corrected chi connectivity index (χ1v) is 6.40. The van der Waals surface area contributed by atoms with Crippen LogP contribution in [0.15, 0.2) is 45.5 Å². The summed E-state index contributed by atoms with van der Waals surface area (Å²) in [5, 5.41) is 0. The summed E-state index contributed by atoms with van der Waals surface area (Å²) >= 11 is 3.37.